The molecule has 0 aliphatic heterocycles. The average molecular weight is 1860 g/mol. The summed E-state index contributed by atoms with van der Waals surface area (Å²) in [7, 11) is 0. The van der Waals surface area contributed by atoms with Gasteiger partial charge in [-0.2, -0.15) is 0 Å². The number of hydrogen-bond acceptors (Lipinski definition) is 9. The van der Waals surface area contributed by atoms with Crippen molar-refractivity contribution in [2.24, 2.45) is 0 Å². The van der Waals surface area contributed by atoms with Gasteiger partial charge in [0.2, 0.25) is 0 Å². The summed E-state index contributed by atoms with van der Waals surface area (Å²) in [5, 5.41) is 6.89. The monoisotopic (exact) mass is 1860 g/mol. The molecule has 0 N–H and O–H groups in total. The fourth-order valence-corrected chi connectivity index (χ4v) is 23.4. The number of carbonyl (C=O) groups excluding carboxylic acids is 3. The van der Waals surface area contributed by atoms with Crippen LogP contribution in [0.5, 0.6) is 17.2 Å². The largest absolute Gasteiger partial charge is 0.423 e. The minimum absolute atomic E-state index is 0.110. The highest BCUT2D eigenvalue weighted by Crippen LogP contribution is 2.60. The molecule has 0 aromatic heterocycles. The Hall–Kier alpha value is -15.5. The van der Waals surface area contributed by atoms with Crippen LogP contribution in [0.25, 0.3) is 65.7 Å². The summed E-state index contributed by atoms with van der Waals surface area (Å²) in [5.41, 5.74) is 28.9. The van der Waals surface area contributed by atoms with Gasteiger partial charge in [0.25, 0.3) is 0 Å². The molecule has 18 aromatic rings. The Bertz CT molecular complexity index is 6930. The number of fused-ring (bicyclic) bond motifs is 12. The van der Waals surface area contributed by atoms with Gasteiger partial charge in [-0.1, -0.05) is 337 Å². The molecule has 9 heteroatoms. The first-order valence-electron chi connectivity index (χ1n) is 51.7. The fraction of sp³-hybridized carbons (Fsp3) is 0.211. The standard InChI is InChI=1S/C133H121N3O6/c1-7-13-79-131(80-14-8-2)121-40-28-25-37-115(121)118-76-67-109(88-124(118)131)134(106-64-43-91-31-19-22-34-100(91)85-106)103-58-46-97(47-59-103)128(137)140-112-70-52-94(53-71-112)127(95-54-72-113(73-55-95)141-129(138)98-48-60-104(61-49-98)135(107-65-44-92-32-20-23-35-101(92)86-107)110-68-77-119-116-38-26-29-41-122(116)132(81-15-9-3,82-16-10-4)125(119)89-110)96-56-74-114(75-57-96)142-130(139)99-50-62-105(63-51-99)136(108-66-45-93-33-21-24-36-102(93)87-108)111-69-78-120-117-39-27-30-42-123(117)133(83-17-11-5,84-18-12-6)126(120)90-111/h19-78,85-90,127H,7-18,79-84H2,1-6H3. The zero-order chi connectivity index (χ0) is 96.8. The Morgan fingerprint density at radius 2 is 0.423 bits per heavy atom. The van der Waals surface area contributed by atoms with Gasteiger partial charge in [-0.3, -0.25) is 0 Å². The van der Waals surface area contributed by atoms with Crippen molar-refractivity contribution in [3.05, 3.63) is 467 Å². The van der Waals surface area contributed by atoms with E-state index in [0.717, 1.165) is 216 Å². The molecule has 704 valence electrons. The van der Waals surface area contributed by atoms with Crippen molar-refractivity contribution >= 4 is 101 Å². The summed E-state index contributed by atoms with van der Waals surface area (Å²) in [6, 6.07) is 140. The number of hydrogen-bond donors (Lipinski definition) is 0. The Kier molecular flexibility index (Phi) is 26.7. The summed E-state index contributed by atoms with van der Waals surface area (Å²) >= 11 is 0. The van der Waals surface area contributed by atoms with Crippen LogP contribution in [0.4, 0.5) is 51.2 Å². The van der Waals surface area contributed by atoms with E-state index in [4.69, 9.17) is 14.2 Å². The van der Waals surface area contributed by atoms with Gasteiger partial charge in [0.1, 0.15) is 17.2 Å². The van der Waals surface area contributed by atoms with E-state index >= 15 is 0 Å². The van der Waals surface area contributed by atoms with Crippen molar-refractivity contribution in [1.82, 2.24) is 0 Å². The molecular weight excluding hydrogens is 1740 g/mol. The highest BCUT2D eigenvalue weighted by atomic mass is 16.5. The Labute approximate surface area is 836 Å². The second kappa shape index (κ2) is 40.8. The van der Waals surface area contributed by atoms with Crippen LogP contribution < -0.4 is 28.9 Å². The van der Waals surface area contributed by atoms with Gasteiger partial charge in [0, 0.05) is 73.3 Å². The van der Waals surface area contributed by atoms with Crippen molar-refractivity contribution in [2.75, 3.05) is 14.7 Å². The third-order valence-corrected chi connectivity index (χ3v) is 30.6. The van der Waals surface area contributed by atoms with E-state index in [0.29, 0.717) is 33.9 Å². The smallest absolute Gasteiger partial charge is 0.343 e. The molecule has 0 bridgehead atoms. The lowest BCUT2D eigenvalue weighted by Crippen LogP contribution is -2.25. The van der Waals surface area contributed by atoms with E-state index in [2.05, 4.69) is 311 Å². The zero-order valence-corrected chi connectivity index (χ0v) is 82.2. The summed E-state index contributed by atoms with van der Waals surface area (Å²) in [5.74, 6) is -0.760. The van der Waals surface area contributed by atoms with Gasteiger partial charge < -0.3 is 28.9 Å². The molecule has 0 spiro atoms. The van der Waals surface area contributed by atoms with Gasteiger partial charge in [0.05, 0.1) is 16.7 Å². The maximum absolute atomic E-state index is 14.6. The second-order valence-corrected chi connectivity index (χ2v) is 39.2. The number of benzene rings is 18. The predicted octanol–water partition coefficient (Wildman–Crippen LogP) is 36.3. The van der Waals surface area contributed by atoms with Crippen LogP contribution in [-0.4, -0.2) is 17.9 Å². The third-order valence-electron chi connectivity index (χ3n) is 30.6. The van der Waals surface area contributed by atoms with Crippen LogP contribution >= 0.6 is 0 Å². The molecule has 0 atom stereocenters. The number of unbranched alkanes of at least 4 members (excludes halogenated alkanes) is 6. The fourth-order valence-electron chi connectivity index (χ4n) is 23.4. The van der Waals surface area contributed by atoms with Gasteiger partial charge >= 0.3 is 17.9 Å². The molecule has 0 radical (unpaired) electrons. The highest BCUT2D eigenvalue weighted by Gasteiger charge is 2.46. The second-order valence-electron chi connectivity index (χ2n) is 39.2. The lowest BCUT2D eigenvalue weighted by atomic mass is 9.71. The first-order valence-corrected chi connectivity index (χ1v) is 51.7. The molecule has 9 nitrogen and oxygen atoms in total. The molecule has 21 rings (SSSR count). The topological polar surface area (TPSA) is 88.6 Å². The van der Waals surface area contributed by atoms with Crippen molar-refractivity contribution in [1.29, 1.82) is 0 Å². The van der Waals surface area contributed by atoms with E-state index in [1.54, 1.807) is 0 Å². The highest BCUT2D eigenvalue weighted by molar-refractivity contribution is 5.99. The molecule has 0 amide bonds. The molecule has 142 heavy (non-hydrogen) atoms. The van der Waals surface area contributed by atoms with Crippen LogP contribution in [0.15, 0.2) is 400 Å². The van der Waals surface area contributed by atoms with E-state index in [1.165, 1.54) is 66.8 Å². The van der Waals surface area contributed by atoms with Crippen LogP contribution in [0.3, 0.4) is 0 Å². The molecule has 0 fully saturated rings. The van der Waals surface area contributed by atoms with E-state index in [-0.39, 0.29) is 16.2 Å². The molecular formula is C133H121N3O6. The first kappa shape index (κ1) is 92.9. The van der Waals surface area contributed by atoms with Crippen LogP contribution in [0, 0.1) is 0 Å². The van der Waals surface area contributed by atoms with Crippen molar-refractivity contribution in [3.63, 3.8) is 0 Å². The lowest BCUT2D eigenvalue weighted by Gasteiger charge is -2.34. The summed E-state index contributed by atoms with van der Waals surface area (Å²) in [6.45, 7) is 13.8. The molecule has 3 aliphatic rings. The van der Waals surface area contributed by atoms with Crippen LogP contribution in [0.2, 0.25) is 0 Å². The molecule has 0 heterocycles. The molecule has 0 saturated carbocycles. The van der Waals surface area contributed by atoms with Crippen LogP contribution in [-0.2, 0) is 16.2 Å². The quantitative estimate of drug-likeness (QED) is 0.0216. The molecule has 0 saturated heterocycles. The van der Waals surface area contributed by atoms with Gasteiger partial charge in [-0.25, -0.2) is 14.4 Å². The van der Waals surface area contributed by atoms with E-state index < -0.39 is 23.8 Å². The van der Waals surface area contributed by atoms with Gasteiger partial charge in [-0.05, 0) is 336 Å². The summed E-state index contributed by atoms with van der Waals surface area (Å²) < 4.78 is 18.9. The number of carbonyl (C=O) groups is 3. The SMILES string of the molecule is CCCCC1(CCCC)c2ccccc2-c2ccc(N(c3ccc(C(=O)Oc4ccc(C(c5ccc(OC(=O)c6ccc(N(c7ccc8c(c7)C(CCCC)(CCCC)c7ccccc7-8)c7ccc8ccccc8c7)cc6)cc5)c5ccc(OC(=O)c6ccc(N(c7ccc8c(c7)C(CCCC)(CCCC)c7ccccc7-8)c7ccc8ccccc8c7)cc6)cc5)cc4)cc3)c3ccc4ccccc4c3)cc21. The Morgan fingerprint density at radius 1 is 0.211 bits per heavy atom. The predicted molar refractivity (Wildman–Crippen MR) is 587 cm³/mol. The molecule has 0 unspecified atom stereocenters. The summed E-state index contributed by atoms with van der Waals surface area (Å²) in [6.07, 6.45) is 20.0. The van der Waals surface area contributed by atoms with Crippen molar-refractivity contribution in [2.45, 2.75) is 179 Å². The minimum atomic E-state index is -0.491. The molecule has 18 aromatic carbocycles. The molecule has 3 aliphatic carbocycles. The first-order chi connectivity index (χ1) is 69.8. The van der Waals surface area contributed by atoms with Crippen LogP contribution in [0.1, 0.15) is 244 Å². The average Bonchev–Trinajstić information content (AvgIpc) is 1.57. The Morgan fingerprint density at radius 3 is 0.676 bits per heavy atom. The lowest BCUT2D eigenvalue weighted by molar-refractivity contribution is 0.0725. The summed E-state index contributed by atoms with van der Waals surface area (Å²) in [4.78, 5) is 50.9. The Balaban J connectivity index is 0.573. The number of ether oxygens (including phenoxy) is 3. The zero-order valence-electron chi connectivity index (χ0n) is 82.2. The maximum Gasteiger partial charge on any atom is 0.343 e. The third kappa shape index (κ3) is 17.8. The van der Waals surface area contributed by atoms with Crippen molar-refractivity contribution in [3.8, 4) is 50.6 Å². The number of esters is 3. The number of rotatable bonds is 36. The maximum atomic E-state index is 14.6. The van der Waals surface area contributed by atoms with Gasteiger partial charge in [0.15, 0.2) is 0 Å². The number of nitrogens with zero attached hydrogens (tertiary/aromatic N) is 3. The minimum Gasteiger partial charge on any atom is -0.423 e. The van der Waals surface area contributed by atoms with Gasteiger partial charge in [-0.15, -0.1) is 0 Å². The normalized spacial score (nSPS) is 13.1. The van der Waals surface area contributed by atoms with E-state index in [9.17, 15) is 14.4 Å². The van der Waals surface area contributed by atoms with E-state index in [1.807, 2.05) is 146 Å². The number of anilines is 9. The van der Waals surface area contributed by atoms with Crippen molar-refractivity contribution < 1.29 is 28.6 Å².